The Bertz CT molecular complexity index is 357. The predicted octanol–water partition coefficient (Wildman–Crippen LogP) is 2.89. The molecule has 0 atom stereocenters. The average molecular weight is 198 g/mol. The number of nitrogen functional groups attached to an aromatic ring is 1. The van der Waals surface area contributed by atoms with Crippen LogP contribution in [-0.2, 0) is 6.42 Å². The van der Waals surface area contributed by atoms with Crippen molar-refractivity contribution in [2.24, 2.45) is 0 Å². The first kappa shape index (κ1) is 8.01. The molecule has 0 saturated heterocycles. The van der Waals surface area contributed by atoms with E-state index in [1.807, 2.05) is 0 Å². The molecule has 4 heteroatoms. The first-order chi connectivity index (χ1) is 5.79. The molecule has 0 aromatic carbocycles. The molecule has 2 N–H and O–H groups in total. The van der Waals surface area contributed by atoms with Crippen molar-refractivity contribution in [3.05, 3.63) is 10.9 Å². The minimum atomic E-state index is 0.680. The number of hydrogen-bond acceptors (Lipinski definition) is 4. The number of aromatic nitrogens is 1. The van der Waals surface area contributed by atoms with E-state index in [1.165, 1.54) is 16.0 Å². The smallest absolute Gasteiger partial charge is 0.181 e. The third-order valence-corrected chi connectivity index (χ3v) is 3.70. The van der Waals surface area contributed by atoms with Crippen molar-refractivity contribution in [2.45, 2.75) is 19.8 Å². The fourth-order valence-electron chi connectivity index (χ4n) is 1.17. The van der Waals surface area contributed by atoms with Crippen LogP contribution in [0.5, 0.6) is 0 Å². The number of hydrogen-bond donors (Lipinski definition) is 1. The molecule has 2 rings (SSSR count). The maximum absolute atomic E-state index is 5.57. The summed E-state index contributed by atoms with van der Waals surface area (Å²) in [6, 6.07) is 2.21. The third-order valence-electron chi connectivity index (χ3n) is 1.65. The van der Waals surface area contributed by atoms with Gasteiger partial charge in [0.25, 0.3) is 0 Å². The van der Waals surface area contributed by atoms with Crippen molar-refractivity contribution in [1.29, 1.82) is 0 Å². The number of rotatable bonds is 2. The minimum Gasteiger partial charge on any atom is -0.375 e. The molecule has 0 saturated carbocycles. The topological polar surface area (TPSA) is 38.9 Å². The van der Waals surface area contributed by atoms with Crippen molar-refractivity contribution >= 4 is 37.3 Å². The highest BCUT2D eigenvalue weighted by Crippen LogP contribution is 2.31. The Morgan fingerprint density at radius 3 is 3.00 bits per heavy atom. The van der Waals surface area contributed by atoms with E-state index < -0.39 is 0 Å². The predicted molar refractivity (Wildman–Crippen MR) is 55.9 cm³/mol. The number of nitrogens with two attached hydrogens (primary N) is 1. The van der Waals surface area contributed by atoms with Crippen LogP contribution >= 0.6 is 22.7 Å². The lowest BCUT2D eigenvalue weighted by atomic mass is 10.3. The van der Waals surface area contributed by atoms with Gasteiger partial charge in [-0.05, 0) is 12.5 Å². The summed E-state index contributed by atoms with van der Waals surface area (Å²) in [4.78, 5) is 6.75. The molecule has 12 heavy (non-hydrogen) atoms. The first-order valence-electron chi connectivity index (χ1n) is 3.94. The van der Waals surface area contributed by atoms with Crippen LogP contribution in [0.25, 0.3) is 9.53 Å². The summed E-state index contributed by atoms with van der Waals surface area (Å²) in [5.74, 6) is 0. The van der Waals surface area contributed by atoms with Gasteiger partial charge in [0.1, 0.15) is 4.83 Å². The number of aryl methyl sites for hydroxylation is 1. The number of anilines is 1. The number of nitrogens with zero attached hydrogens (tertiary/aromatic N) is 1. The molecule has 0 fully saturated rings. The molecule has 2 aromatic rings. The summed E-state index contributed by atoms with van der Waals surface area (Å²) in [6.07, 6.45) is 2.36. The molecule has 2 heterocycles. The molecule has 64 valence electrons. The number of fused-ring (bicyclic) bond motifs is 1. The summed E-state index contributed by atoms with van der Waals surface area (Å²) < 4.78 is 1.24. The Kier molecular flexibility index (Phi) is 2.02. The Hall–Kier alpha value is -0.610. The quantitative estimate of drug-likeness (QED) is 0.806. The Morgan fingerprint density at radius 1 is 1.50 bits per heavy atom. The van der Waals surface area contributed by atoms with Crippen LogP contribution in [-0.4, -0.2) is 4.98 Å². The van der Waals surface area contributed by atoms with E-state index in [1.54, 1.807) is 22.7 Å². The zero-order valence-electron chi connectivity index (χ0n) is 6.83. The van der Waals surface area contributed by atoms with Gasteiger partial charge in [0.15, 0.2) is 5.13 Å². The highest BCUT2D eigenvalue weighted by atomic mass is 32.1. The van der Waals surface area contributed by atoms with Gasteiger partial charge < -0.3 is 5.73 Å². The van der Waals surface area contributed by atoms with E-state index in [9.17, 15) is 0 Å². The second-order valence-electron chi connectivity index (χ2n) is 2.68. The molecule has 0 aliphatic carbocycles. The fraction of sp³-hybridized carbons (Fsp3) is 0.375. The lowest BCUT2D eigenvalue weighted by Crippen LogP contribution is -1.78. The largest absolute Gasteiger partial charge is 0.375 e. The molecule has 0 spiro atoms. The van der Waals surface area contributed by atoms with Gasteiger partial charge in [0.2, 0.25) is 0 Å². The summed E-state index contributed by atoms with van der Waals surface area (Å²) in [7, 11) is 0. The Labute approximate surface area is 79.0 Å². The zero-order valence-corrected chi connectivity index (χ0v) is 8.47. The standard InChI is InChI=1S/C8H10N2S2/c1-2-3-5-4-6-7(11-5)10-8(9)12-6/h4H,2-3H2,1H3,(H2,9,10). The molecule has 0 amide bonds. The van der Waals surface area contributed by atoms with Gasteiger partial charge in [0.05, 0.1) is 4.70 Å². The van der Waals surface area contributed by atoms with Crippen molar-refractivity contribution in [2.75, 3.05) is 5.73 Å². The van der Waals surface area contributed by atoms with Crippen LogP contribution < -0.4 is 5.73 Å². The monoisotopic (exact) mass is 198 g/mol. The van der Waals surface area contributed by atoms with E-state index in [0.717, 1.165) is 11.3 Å². The van der Waals surface area contributed by atoms with Crippen LogP contribution in [0.3, 0.4) is 0 Å². The van der Waals surface area contributed by atoms with Gasteiger partial charge >= 0.3 is 0 Å². The van der Waals surface area contributed by atoms with E-state index in [0.29, 0.717) is 5.13 Å². The molecule has 0 aliphatic rings. The van der Waals surface area contributed by atoms with E-state index >= 15 is 0 Å². The maximum Gasteiger partial charge on any atom is 0.181 e. The molecule has 0 unspecified atom stereocenters. The van der Waals surface area contributed by atoms with Crippen LogP contribution in [0.15, 0.2) is 6.07 Å². The lowest BCUT2D eigenvalue weighted by Gasteiger charge is -1.87. The van der Waals surface area contributed by atoms with Gasteiger partial charge in [0, 0.05) is 4.88 Å². The summed E-state index contributed by atoms with van der Waals surface area (Å²) in [5.41, 5.74) is 5.57. The molecule has 0 aliphatic heterocycles. The van der Waals surface area contributed by atoms with E-state index in [4.69, 9.17) is 5.73 Å². The van der Waals surface area contributed by atoms with Crippen LogP contribution in [0.1, 0.15) is 18.2 Å². The van der Waals surface area contributed by atoms with E-state index in [2.05, 4.69) is 18.0 Å². The summed E-state index contributed by atoms with van der Waals surface area (Å²) in [5, 5.41) is 0.680. The molecule has 2 nitrogen and oxygen atoms in total. The molecular weight excluding hydrogens is 188 g/mol. The van der Waals surface area contributed by atoms with E-state index in [-0.39, 0.29) is 0 Å². The van der Waals surface area contributed by atoms with Crippen LogP contribution in [0, 0.1) is 0 Å². The molecule has 0 bridgehead atoms. The second kappa shape index (κ2) is 3.03. The summed E-state index contributed by atoms with van der Waals surface area (Å²) in [6.45, 7) is 2.19. The first-order valence-corrected chi connectivity index (χ1v) is 5.57. The summed E-state index contributed by atoms with van der Waals surface area (Å²) >= 11 is 3.34. The van der Waals surface area contributed by atoms with Crippen molar-refractivity contribution in [1.82, 2.24) is 4.98 Å². The zero-order chi connectivity index (χ0) is 8.55. The van der Waals surface area contributed by atoms with Gasteiger partial charge in [-0.25, -0.2) is 4.98 Å². The van der Waals surface area contributed by atoms with Gasteiger partial charge in [-0.15, -0.1) is 11.3 Å². The van der Waals surface area contributed by atoms with Gasteiger partial charge in [-0.1, -0.05) is 24.7 Å². The van der Waals surface area contributed by atoms with Crippen LogP contribution in [0.4, 0.5) is 5.13 Å². The second-order valence-corrected chi connectivity index (χ2v) is 4.86. The Morgan fingerprint density at radius 2 is 2.33 bits per heavy atom. The van der Waals surface area contributed by atoms with Crippen molar-refractivity contribution < 1.29 is 0 Å². The number of thiazole rings is 1. The average Bonchev–Trinajstić information content (AvgIpc) is 2.44. The Balaban J connectivity index is 2.43. The normalized spacial score (nSPS) is 11.1. The lowest BCUT2D eigenvalue weighted by molar-refractivity contribution is 0.941. The van der Waals surface area contributed by atoms with Crippen molar-refractivity contribution in [3.63, 3.8) is 0 Å². The van der Waals surface area contributed by atoms with Crippen molar-refractivity contribution in [3.8, 4) is 0 Å². The van der Waals surface area contributed by atoms with Gasteiger partial charge in [-0.3, -0.25) is 0 Å². The molecule has 0 radical (unpaired) electrons. The SMILES string of the molecule is CCCc1cc2sc(N)nc2s1. The third kappa shape index (κ3) is 1.32. The molecular formula is C8H10N2S2. The van der Waals surface area contributed by atoms with Crippen LogP contribution in [0.2, 0.25) is 0 Å². The minimum absolute atomic E-state index is 0.680. The fourth-order valence-corrected chi connectivity index (χ4v) is 3.28. The molecule has 2 aromatic heterocycles. The maximum atomic E-state index is 5.57. The number of thiophene rings is 1. The van der Waals surface area contributed by atoms with Gasteiger partial charge in [-0.2, -0.15) is 0 Å². The highest BCUT2D eigenvalue weighted by molar-refractivity contribution is 7.28. The highest BCUT2D eigenvalue weighted by Gasteiger charge is 2.05.